The second kappa shape index (κ2) is 9.76. The van der Waals surface area contributed by atoms with Crippen LogP contribution < -0.4 is 4.74 Å². The lowest BCUT2D eigenvalue weighted by molar-refractivity contribution is -0.00163. The number of hydrogen-bond donors (Lipinski definition) is 0. The van der Waals surface area contributed by atoms with E-state index in [0.717, 1.165) is 16.5 Å². The molecular weight excluding hydrogens is 446 g/mol. The molecule has 0 N–H and O–H groups in total. The summed E-state index contributed by atoms with van der Waals surface area (Å²) < 4.78 is 12.9. The summed E-state index contributed by atoms with van der Waals surface area (Å²) in [5.74, 6) is -0.0413. The average molecular weight is 476 g/mol. The SMILES string of the molecule is COc1nc(C)c(C(=O)N2CCOC[C@@H]2Cc2cn(C)c3ccc(C(=O)N(C)C)cc23)cc1C#N. The largest absolute Gasteiger partial charge is 0.480 e. The lowest BCUT2D eigenvalue weighted by Gasteiger charge is -2.36. The van der Waals surface area contributed by atoms with Gasteiger partial charge in [-0.1, -0.05) is 0 Å². The Morgan fingerprint density at radius 1 is 1.31 bits per heavy atom. The summed E-state index contributed by atoms with van der Waals surface area (Å²) in [6, 6.07) is 9.09. The van der Waals surface area contributed by atoms with Gasteiger partial charge in [0, 0.05) is 50.4 Å². The van der Waals surface area contributed by atoms with E-state index >= 15 is 0 Å². The molecule has 9 heteroatoms. The molecule has 1 atom stereocenters. The Morgan fingerprint density at radius 3 is 2.77 bits per heavy atom. The van der Waals surface area contributed by atoms with Gasteiger partial charge in [-0.05, 0) is 43.2 Å². The fourth-order valence-corrected chi connectivity index (χ4v) is 4.56. The van der Waals surface area contributed by atoms with Crippen molar-refractivity contribution in [2.75, 3.05) is 41.0 Å². The molecule has 1 saturated heterocycles. The number of carbonyl (C=O) groups excluding carboxylic acids is 2. The molecule has 3 aromatic rings. The van der Waals surface area contributed by atoms with Gasteiger partial charge in [-0.25, -0.2) is 4.98 Å². The van der Waals surface area contributed by atoms with E-state index in [1.54, 1.807) is 36.9 Å². The summed E-state index contributed by atoms with van der Waals surface area (Å²) in [5, 5.41) is 10.4. The van der Waals surface area contributed by atoms with Crippen LogP contribution >= 0.6 is 0 Å². The zero-order chi connectivity index (χ0) is 25.3. The first-order valence-electron chi connectivity index (χ1n) is 11.4. The van der Waals surface area contributed by atoms with E-state index in [2.05, 4.69) is 11.1 Å². The molecule has 0 bridgehead atoms. The Labute approximate surface area is 204 Å². The summed E-state index contributed by atoms with van der Waals surface area (Å²) in [4.78, 5) is 33.8. The number of nitrogens with zero attached hydrogens (tertiary/aromatic N) is 5. The van der Waals surface area contributed by atoms with Crippen molar-refractivity contribution in [2.24, 2.45) is 7.05 Å². The number of nitriles is 1. The number of fused-ring (bicyclic) bond motifs is 1. The third-order valence-corrected chi connectivity index (χ3v) is 6.39. The average Bonchev–Trinajstić information content (AvgIpc) is 3.17. The first kappa shape index (κ1) is 24.2. The lowest BCUT2D eigenvalue weighted by Crippen LogP contribution is -2.50. The van der Waals surface area contributed by atoms with Gasteiger partial charge in [0.1, 0.15) is 11.6 Å². The molecule has 1 fully saturated rings. The maximum Gasteiger partial charge on any atom is 0.256 e. The standard InChI is InChI=1S/C26H29N5O4/c1-16-21(12-18(13-27)24(28-16)34-5)26(33)31-8-9-35-15-20(31)10-19-14-30(4)23-7-6-17(11-22(19)23)25(32)29(2)3/h6-7,11-12,14,20H,8-10,15H2,1-5H3/t20-/m0/s1. The highest BCUT2D eigenvalue weighted by Crippen LogP contribution is 2.27. The molecule has 2 amide bonds. The Hall–Kier alpha value is -3.90. The highest BCUT2D eigenvalue weighted by Gasteiger charge is 2.31. The fourth-order valence-electron chi connectivity index (χ4n) is 4.56. The van der Waals surface area contributed by atoms with E-state index in [0.29, 0.717) is 43.0 Å². The number of aryl methyl sites for hydroxylation is 2. The van der Waals surface area contributed by atoms with Crippen LogP contribution in [0.4, 0.5) is 0 Å². The van der Waals surface area contributed by atoms with Gasteiger partial charge < -0.3 is 23.8 Å². The van der Waals surface area contributed by atoms with Crippen molar-refractivity contribution in [1.82, 2.24) is 19.4 Å². The molecular formula is C26H29N5O4. The van der Waals surface area contributed by atoms with E-state index in [4.69, 9.17) is 9.47 Å². The van der Waals surface area contributed by atoms with Crippen LogP contribution in [0.25, 0.3) is 10.9 Å². The zero-order valence-corrected chi connectivity index (χ0v) is 20.7. The van der Waals surface area contributed by atoms with E-state index < -0.39 is 0 Å². The van der Waals surface area contributed by atoms with Crippen molar-refractivity contribution in [1.29, 1.82) is 5.26 Å². The van der Waals surface area contributed by atoms with Gasteiger partial charge in [0.25, 0.3) is 11.8 Å². The van der Waals surface area contributed by atoms with E-state index in [9.17, 15) is 14.9 Å². The van der Waals surface area contributed by atoms with Crippen LogP contribution in [0.5, 0.6) is 5.88 Å². The molecule has 0 saturated carbocycles. The van der Waals surface area contributed by atoms with Gasteiger partial charge >= 0.3 is 0 Å². The fraction of sp³-hybridized carbons (Fsp3) is 0.385. The van der Waals surface area contributed by atoms with E-state index in [1.165, 1.54) is 7.11 Å². The van der Waals surface area contributed by atoms with Crippen molar-refractivity contribution in [3.8, 4) is 11.9 Å². The minimum Gasteiger partial charge on any atom is -0.480 e. The number of pyridine rings is 1. The molecule has 9 nitrogen and oxygen atoms in total. The predicted molar refractivity (Wildman–Crippen MR) is 131 cm³/mol. The summed E-state index contributed by atoms with van der Waals surface area (Å²) >= 11 is 0. The number of carbonyl (C=O) groups is 2. The third-order valence-electron chi connectivity index (χ3n) is 6.39. The molecule has 3 heterocycles. The molecule has 1 aliphatic rings. The Bertz CT molecular complexity index is 1340. The maximum absolute atomic E-state index is 13.6. The van der Waals surface area contributed by atoms with Gasteiger partial charge in [0.05, 0.1) is 37.6 Å². The van der Waals surface area contributed by atoms with Gasteiger partial charge in [-0.15, -0.1) is 0 Å². The van der Waals surface area contributed by atoms with Gasteiger partial charge in [0.15, 0.2) is 0 Å². The molecule has 0 aliphatic carbocycles. The van der Waals surface area contributed by atoms with Crippen LogP contribution in [0.2, 0.25) is 0 Å². The number of aromatic nitrogens is 2. The first-order valence-corrected chi connectivity index (χ1v) is 11.4. The van der Waals surface area contributed by atoms with Gasteiger partial charge in [0.2, 0.25) is 5.88 Å². The Kier molecular flexibility index (Phi) is 6.76. The molecule has 0 unspecified atom stereocenters. The summed E-state index contributed by atoms with van der Waals surface area (Å²) in [7, 11) is 6.88. The van der Waals surface area contributed by atoms with Gasteiger partial charge in [-0.2, -0.15) is 5.26 Å². The first-order chi connectivity index (χ1) is 16.7. The number of hydrogen-bond acceptors (Lipinski definition) is 6. The second-order valence-electron chi connectivity index (χ2n) is 8.92. The lowest BCUT2D eigenvalue weighted by atomic mass is 10.0. The minimum absolute atomic E-state index is 0.0599. The smallest absolute Gasteiger partial charge is 0.256 e. The molecule has 182 valence electrons. The normalized spacial score (nSPS) is 15.7. The quantitative estimate of drug-likeness (QED) is 0.562. The van der Waals surface area contributed by atoms with E-state index in [-0.39, 0.29) is 29.3 Å². The molecule has 0 spiro atoms. The number of ether oxygens (including phenoxy) is 2. The molecule has 0 radical (unpaired) electrons. The van der Waals surface area contributed by atoms with Crippen LogP contribution in [-0.4, -0.2) is 78.2 Å². The molecule has 4 rings (SSSR count). The second-order valence-corrected chi connectivity index (χ2v) is 8.92. The van der Waals surface area contributed by atoms with Crippen LogP contribution in [0.3, 0.4) is 0 Å². The molecule has 1 aliphatic heterocycles. The van der Waals surface area contributed by atoms with Crippen molar-refractivity contribution in [3.63, 3.8) is 0 Å². The topological polar surface area (TPSA) is 101 Å². The summed E-state index contributed by atoms with van der Waals surface area (Å²) in [6.07, 6.45) is 2.61. The third kappa shape index (κ3) is 4.57. The van der Waals surface area contributed by atoms with Crippen LogP contribution in [-0.2, 0) is 18.2 Å². The molecule has 2 aromatic heterocycles. The highest BCUT2D eigenvalue weighted by molar-refractivity contribution is 5.99. The Morgan fingerprint density at radius 2 is 2.09 bits per heavy atom. The number of methoxy groups -OCH3 is 1. The monoisotopic (exact) mass is 475 g/mol. The number of morpholine rings is 1. The van der Waals surface area contributed by atoms with E-state index in [1.807, 2.05) is 36.0 Å². The highest BCUT2D eigenvalue weighted by atomic mass is 16.5. The molecule has 1 aromatic carbocycles. The number of rotatable bonds is 5. The molecule has 35 heavy (non-hydrogen) atoms. The van der Waals surface area contributed by atoms with Crippen molar-refractivity contribution in [2.45, 2.75) is 19.4 Å². The number of amides is 2. The van der Waals surface area contributed by atoms with Gasteiger partial charge in [-0.3, -0.25) is 9.59 Å². The minimum atomic E-state index is -0.206. The summed E-state index contributed by atoms with van der Waals surface area (Å²) in [6.45, 7) is 3.01. The number of benzene rings is 1. The predicted octanol–water partition coefficient (Wildman–Crippen LogP) is 2.55. The summed E-state index contributed by atoms with van der Waals surface area (Å²) in [5.41, 5.74) is 3.77. The van der Waals surface area contributed by atoms with Crippen LogP contribution in [0.1, 0.15) is 37.5 Å². The zero-order valence-electron chi connectivity index (χ0n) is 20.7. The van der Waals surface area contributed by atoms with Crippen LogP contribution in [0.15, 0.2) is 30.5 Å². The maximum atomic E-state index is 13.6. The van der Waals surface area contributed by atoms with Crippen molar-refractivity contribution >= 4 is 22.7 Å². The van der Waals surface area contributed by atoms with Crippen LogP contribution in [0, 0.1) is 18.3 Å². The Balaban J connectivity index is 1.68. The van der Waals surface area contributed by atoms with Crippen molar-refractivity contribution in [3.05, 3.63) is 58.4 Å². The van der Waals surface area contributed by atoms with Crippen molar-refractivity contribution < 1.29 is 19.1 Å².